The number of amides is 2. The number of para-hydroxylation sites is 1. The van der Waals surface area contributed by atoms with Gasteiger partial charge in [0.25, 0.3) is 5.91 Å². The summed E-state index contributed by atoms with van der Waals surface area (Å²) in [5.74, 6) is 0.475. The molecule has 0 aliphatic heterocycles. The van der Waals surface area contributed by atoms with E-state index in [4.69, 9.17) is 0 Å². The van der Waals surface area contributed by atoms with Crippen LogP contribution in [0.4, 0.5) is 0 Å². The van der Waals surface area contributed by atoms with Crippen molar-refractivity contribution in [2.45, 2.75) is 32.4 Å². The molecule has 0 aliphatic carbocycles. The first-order valence-corrected chi connectivity index (χ1v) is 11.7. The lowest BCUT2D eigenvalue weighted by Crippen LogP contribution is -2.47. The van der Waals surface area contributed by atoms with Crippen LogP contribution in [0.1, 0.15) is 28.8 Å². The number of carbonyl (C=O) groups excluding carboxylic acids is 2. The molecule has 0 saturated carbocycles. The molecule has 3 aromatic rings. The molecule has 2 N–H and O–H groups in total. The second kappa shape index (κ2) is 10.9. The van der Waals surface area contributed by atoms with Crippen molar-refractivity contribution in [3.05, 3.63) is 71.9 Å². The molecule has 0 bridgehead atoms. The SMILES string of the molecule is CSCCC(NC(=O)c1cccc(C)c1)C(=O)NCCCn1ccc2ccccc21. The van der Waals surface area contributed by atoms with E-state index < -0.39 is 6.04 Å². The van der Waals surface area contributed by atoms with Gasteiger partial charge in [-0.1, -0.05) is 35.9 Å². The number of rotatable bonds is 10. The first-order valence-electron chi connectivity index (χ1n) is 10.3. The molecule has 3 rings (SSSR count). The van der Waals surface area contributed by atoms with Crippen molar-refractivity contribution in [2.24, 2.45) is 0 Å². The molecule has 1 unspecified atom stereocenters. The number of nitrogens with one attached hydrogen (secondary N) is 2. The number of nitrogens with zero attached hydrogens (tertiary/aromatic N) is 1. The zero-order valence-corrected chi connectivity index (χ0v) is 18.4. The molecule has 30 heavy (non-hydrogen) atoms. The van der Waals surface area contributed by atoms with E-state index in [-0.39, 0.29) is 11.8 Å². The van der Waals surface area contributed by atoms with Gasteiger partial charge in [-0.15, -0.1) is 0 Å². The summed E-state index contributed by atoms with van der Waals surface area (Å²) in [5, 5.41) is 7.12. The van der Waals surface area contributed by atoms with Crippen LogP contribution in [0.15, 0.2) is 60.8 Å². The number of hydrogen-bond donors (Lipinski definition) is 2. The van der Waals surface area contributed by atoms with E-state index >= 15 is 0 Å². The smallest absolute Gasteiger partial charge is 0.251 e. The van der Waals surface area contributed by atoms with Crippen LogP contribution in [0.3, 0.4) is 0 Å². The maximum Gasteiger partial charge on any atom is 0.251 e. The quantitative estimate of drug-likeness (QED) is 0.485. The molecule has 0 fully saturated rings. The largest absolute Gasteiger partial charge is 0.354 e. The van der Waals surface area contributed by atoms with Gasteiger partial charge in [0.1, 0.15) is 6.04 Å². The van der Waals surface area contributed by atoms with E-state index in [9.17, 15) is 9.59 Å². The average Bonchev–Trinajstić information content (AvgIpc) is 3.17. The molecule has 1 atom stereocenters. The van der Waals surface area contributed by atoms with Crippen molar-refractivity contribution < 1.29 is 9.59 Å². The molecule has 0 spiro atoms. The summed E-state index contributed by atoms with van der Waals surface area (Å²) in [6.45, 7) is 3.35. The number of thioether (sulfide) groups is 1. The predicted octanol–water partition coefficient (Wildman–Crippen LogP) is 4.01. The number of fused-ring (bicyclic) bond motifs is 1. The lowest BCUT2D eigenvalue weighted by Gasteiger charge is -2.18. The predicted molar refractivity (Wildman–Crippen MR) is 125 cm³/mol. The summed E-state index contributed by atoms with van der Waals surface area (Å²) < 4.78 is 2.20. The van der Waals surface area contributed by atoms with E-state index in [0.29, 0.717) is 18.5 Å². The fraction of sp³-hybridized carbons (Fsp3) is 0.333. The molecular weight excluding hydrogens is 394 g/mol. The van der Waals surface area contributed by atoms with Crippen molar-refractivity contribution in [2.75, 3.05) is 18.6 Å². The zero-order chi connectivity index (χ0) is 21.3. The van der Waals surface area contributed by atoms with Crippen molar-refractivity contribution in [1.82, 2.24) is 15.2 Å². The number of aromatic nitrogens is 1. The first kappa shape index (κ1) is 22.0. The highest BCUT2D eigenvalue weighted by atomic mass is 32.2. The van der Waals surface area contributed by atoms with Crippen molar-refractivity contribution >= 4 is 34.5 Å². The molecule has 5 nitrogen and oxygen atoms in total. The molecule has 0 aliphatic rings. The third kappa shape index (κ3) is 5.89. The zero-order valence-electron chi connectivity index (χ0n) is 17.6. The molecular formula is C24H29N3O2S. The van der Waals surface area contributed by atoms with E-state index in [1.54, 1.807) is 17.8 Å². The van der Waals surface area contributed by atoms with Gasteiger partial charge in [0.05, 0.1) is 0 Å². The van der Waals surface area contributed by atoms with Gasteiger partial charge in [0, 0.05) is 30.4 Å². The lowest BCUT2D eigenvalue weighted by molar-refractivity contribution is -0.123. The van der Waals surface area contributed by atoms with Crippen LogP contribution in [0.5, 0.6) is 0 Å². The average molecular weight is 424 g/mol. The highest BCUT2D eigenvalue weighted by Gasteiger charge is 2.20. The van der Waals surface area contributed by atoms with Gasteiger partial charge in [0.15, 0.2) is 0 Å². The Balaban J connectivity index is 1.52. The summed E-state index contributed by atoms with van der Waals surface area (Å²) in [6.07, 6.45) is 5.51. The highest BCUT2D eigenvalue weighted by molar-refractivity contribution is 7.98. The van der Waals surface area contributed by atoms with Gasteiger partial charge in [-0.05, 0) is 61.4 Å². The van der Waals surface area contributed by atoms with Crippen LogP contribution in [0.25, 0.3) is 10.9 Å². The Hall–Kier alpha value is -2.73. The first-order chi connectivity index (χ1) is 14.6. The molecule has 0 saturated heterocycles. The normalized spacial score (nSPS) is 11.9. The van der Waals surface area contributed by atoms with Gasteiger partial charge in [0.2, 0.25) is 5.91 Å². The second-order valence-corrected chi connectivity index (χ2v) is 8.38. The number of aryl methyl sites for hydroxylation is 2. The summed E-state index contributed by atoms with van der Waals surface area (Å²) in [4.78, 5) is 25.3. The Kier molecular flexibility index (Phi) is 7.97. The van der Waals surface area contributed by atoms with Crippen molar-refractivity contribution in [3.63, 3.8) is 0 Å². The fourth-order valence-electron chi connectivity index (χ4n) is 3.45. The molecule has 158 valence electrons. The molecule has 1 aromatic heterocycles. The fourth-order valence-corrected chi connectivity index (χ4v) is 3.92. The topological polar surface area (TPSA) is 63.1 Å². The summed E-state index contributed by atoms with van der Waals surface area (Å²) in [7, 11) is 0. The van der Waals surface area contributed by atoms with Crippen LogP contribution in [-0.2, 0) is 11.3 Å². The molecule has 2 aromatic carbocycles. The van der Waals surface area contributed by atoms with Gasteiger partial charge < -0.3 is 15.2 Å². The van der Waals surface area contributed by atoms with Crippen LogP contribution < -0.4 is 10.6 Å². The Labute approximate surface area is 182 Å². The van der Waals surface area contributed by atoms with Crippen LogP contribution in [0.2, 0.25) is 0 Å². The van der Waals surface area contributed by atoms with Gasteiger partial charge >= 0.3 is 0 Å². The van der Waals surface area contributed by atoms with E-state index in [2.05, 4.69) is 39.6 Å². The van der Waals surface area contributed by atoms with Crippen LogP contribution >= 0.6 is 11.8 Å². The van der Waals surface area contributed by atoms with Gasteiger partial charge in [-0.2, -0.15) is 11.8 Å². The minimum absolute atomic E-state index is 0.123. The Morgan fingerprint density at radius 3 is 2.73 bits per heavy atom. The third-order valence-electron chi connectivity index (χ3n) is 5.07. The number of hydrogen-bond acceptors (Lipinski definition) is 3. The molecule has 6 heteroatoms. The minimum atomic E-state index is -0.530. The van der Waals surface area contributed by atoms with Crippen molar-refractivity contribution in [3.8, 4) is 0 Å². The van der Waals surface area contributed by atoms with Crippen molar-refractivity contribution in [1.29, 1.82) is 0 Å². The molecule has 2 amide bonds. The highest BCUT2D eigenvalue weighted by Crippen LogP contribution is 2.15. The summed E-state index contributed by atoms with van der Waals surface area (Å²) >= 11 is 1.67. The van der Waals surface area contributed by atoms with Crippen LogP contribution in [-0.4, -0.2) is 41.0 Å². The third-order valence-corrected chi connectivity index (χ3v) is 5.71. The summed E-state index contributed by atoms with van der Waals surface area (Å²) in [6, 6.07) is 17.3. The van der Waals surface area contributed by atoms with E-state index in [0.717, 1.165) is 24.3 Å². The Morgan fingerprint density at radius 1 is 1.10 bits per heavy atom. The number of carbonyl (C=O) groups is 2. The lowest BCUT2D eigenvalue weighted by atomic mass is 10.1. The monoisotopic (exact) mass is 423 g/mol. The van der Waals surface area contributed by atoms with E-state index in [1.165, 1.54) is 10.9 Å². The Bertz CT molecular complexity index is 999. The molecule has 0 radical (unpaired) electrons. The second-order valence-electron chi connectivity index (χ2n) is 7.39. The van der Waals surface area contributed by atoms with Gasteiger partial charge in [-0.3, -0.25) is 9.59 Å². The van der Waals surface area contributed by atoms with Gasteiger partial charge in [-0.25, -0.2) is 0 Å². The Morgan fingerprint density at radius 2 is 1.93 bits per heavy atom. The van der Waals surface area contributed by atoms with E-state index in [1.807, 2.05) is 43.5 Å². The molecule has 1 heterocycles. The maximum atomic E-state index is 12.7. The standard InChI is InChI=1S/C24H29N3O2S/c1-18-7-5-9-20(17-18)23(28)26-21(12-16-30-2)24(29)25-13-6-14-27-15-11-19-8-3-4-10-22(19)27/h3-5,7-11,15,17,21H,6,12-14,16H2,1-2H3,(H,25,29)(H,26,28). The minimum Gasteiger partial charge on any atom is -0.354 e. The summed E-state index contributed by atoms with van der Waals surface area (Å²) in [5.41, 5.74) is 2.80. The van der Waals surface area contributed by atoms with Crippen LogP contribution in [0, 0.1) is 6.92 Å². The maximum absolute atomic E-state index is 12.7. The number of benzene rings is 2.